The van der Waals surface area contributed by atoms with Crippen LogP contribution in [0.25, 0.3) is 0 Å². The zero-order valence-electron chi connectivity index (χ0n) is 17.3. The van der Waals surface area contributed by atoms with Gasteiger partial charge >= 0.3 is 0 Å². The maximum atomic E-state index is 13.5. The summed E-state index contributed by atoms with van der Waals surface area (Å²) in [5.74, 6) is 0.384. The van der Waals surface area contributed by atoms with Gasteiger partial charge in [0.05, 0.1) is 6.54 Å². The molecule has 0 radical (unpaired) electrons. The number of hydrogen-bond acceptors (Lipinski definition) is 4. The van der Waals surface area contributed by atoms with Crippen molar-refractivity contribution in [3.63, 3.8) is 0 Å². The van der Waals surface area contributed by atoms with E-state index in [4.69, 9.17) is 0 Å². The van der Waals surface area contributed by atoms with Gasteiger partial charge in [-0.1, -0.05) is 48.5 Å². The van der Waals surface area contributed by atoms with Crippen molar-refractivity contribution in [2.75, 3.05) is 45.8 Å². The average molecular weight is 424 g/mol. The Bertz CT molecular complexity index is 832. The molecule has 158 valence electrons. The normalized spacial score (nSPS) is 18.4. The average Bonchev–Trinajstić information content (AvgIpc) is 3.34. The zero-order valence-corrected chi connectivity index (χ0v) is 18.1. The molecule has 0 saturated carbocycles. The Hall–Kier alpha value is -2.31. The highest BCUT2D eigenvalue weighted by Gasteiger charge is 2.30. The minimum Gasteiger partial charge on any atom is -0.342 e. The number of amides is 2. The van der Waals surface area contributed by atoms with Crippen molar-refractivity contribution in [3.05, 3.63) is 66.2 Å². The summed E-state index contributed by atoms with van der Waals surface area (Å²) in [6.07, 6.45) is 2.24. The maximum Gasteiger partial charge on any atom is 0.240 e. The van der Waals surface area contributed by atoms with E-state index >= 15 is 0 Å². The Balaban J connectivity index is 1.38. The smallest absolute Gasteiger partial charge is 0.240 e. The second-order valence-electron chi connectivity index (χ2n) is 7.91. The van der Waals surface area contributed by atoms with Crippen LogP contribution in [0.3, 0.4) is 0 Å². The fourth-order valence-corrected chi connectivity index (χ4v) is 5.20. The topological polar surface area (TPSA) is 43.9 Å². The number of thioether (sulfide) groups is 1. The summed E-state index contributed by atoms with van der Waals surface area (Å²) < 4.78 is 0. The van der Waals surface area contributed by atoms with Crippen LogP contribution in [0.1, 0.15) is 23.7 Å². The monoisotopic (exact) mass is 423 g/mol. The SMILES string of the molecule is O=C(CN1CCN(C(=O)C(Sc2ccccc2)c2ccccc2)CC1)N1CCCC1. The zero-order chi connectivity index (χ0) is 20.8. The lowest BCUT2D eigenvalue weighted by molar-refractivity contribution is -0.134. The van der Waals surface area contributed by atoms with Crippen molar-refractivity contribution < 1.29 is 9.59 Å². The quantitative estimate of drug-likeness (QED) is 0.669. The number of carbonyl (C=O) groups excluding carboxylic acids is 2. The first-order valence-electron chi connectivity index (χ1n) is 10.8. The van der Waals surface area contributed by atoms with Gasteiger partial charge in [0.25, 0.3) is 0 Å². The molecule has 0 aliphatic carbocycles. The van der Waals surface area contributed by atoms with E-state index in [9.17, 15) is 9.59 Å². The number of likely N-dealkylation sites (tertiary alicyclic amines) is 1. The minimum absolute atomic E-state index is 0.153. The highest BCUT2D eigenvalue weighted by molar-refractivity contribution is 8.00. The van der Waals surface area contributed by atoms with E-state index in [1.807, 2.05) is 58.3 Å². The fourth-order valence-electron chi connectivity index (χ4n) is 4.07. The summed E-state index contributed by atoms with van der Waals surface area (Å²) in [5, 5.41) is -0.258. The van der Waals surface area contributed by atoms with E-state index in [0.717, 1.165) is 49.5 Å². The molecule has 2 heterocycles. The second-order valence-corrected chi connectivity index (χ2v) is 9.09. The molecule has 2 amide bonds. The van der Waals surface area contributed by atoms with Crippen LogP contribution in [0, 0.1) is 0 Å². The lowest BCUT2D eigenvalue weighted by Gasteiger charge is -2.36. The van der Waals surface area contributed by atoms with Crippen LogP contribution in [0.5, 0.6) is 0 Å². The molecular weight excluding hydrogens is 394 g/mol. The predicted molar refractivity (Wildman–Crippen MR) is 120 cm³/mol. The van der Waals surface area contributed by atoms with Crippen molar-refractivity contribution in [2.24, 2.45) is 0 Å². The molecule has 2 aromatic rings. The summed E-state index contributed by atoms with van der Waals surface area (Å²) in [5.41, 5.74) is 1.03. The van der Waals surface area contributed by atoms with E-state index in [2.05, 4.69) is 17.0 Å². The standard InChI is InChI=1S/C24H29N3O2S/c28-22(26-13-7-8-14-26)19-25-15-17-27(18-16-25)24(29)23(20-9-3-1-4-10-20)30-21-11-5-2-6-12-21/h1-6,9-12,23H,7-8,13-19H2. The first-order valence-corrected chi connectivity index (χ1v) is 11.6. The van der Waals surface area contributed by atoms with Crippen molar-refractivity contribution in [3.8, 4) is 0 Å². The van der Waals surface area contributed by atoms with Gasteiger partial charge in [0, 0.05) is 44.2 Å². The van der Waals surface area contributed by atoms with Crippen LogP contribution in [-0.2, 0) is 9.59 Å². The fraction of sp³-hybridized carbons (Fsp3) is 0.417. The molecule has 0 spiro atoms. The molecule has 1 atom stereocenters. The number of nitrogens with zero attached hydrogens (tertiary/aromatic N) is 3. The van der Waals surface area contributed by atoms with E-state index in [0.29, 0.717) is 19.6 Å². The molecule has 2 aliphatic heterocycles. The molecule has 2 fully saturated rings. The Labute approximate surface area is 183 Å². The molecule has 2 aromatic carbocycles. The van der Waals surface area contributed by atoms with Gasteiger partial charge in [-0.25, -0.2) is 0 Å². The van der Waals surface area contributed by atoms with Crippen molar-refractivity contribution in [1.29, 1.82) is 0 Å². The van der Waals surface area contributed by atoms with E-state index in [-0.39, 0.29) is 17.1 Å². The van der Waals surface area contributed by atoms with Gasteiger partial charge in [-0.05, 0) is 30.5 Å². The van der Waals surface area contributed by atoms with Crippen molar-refractivity contribution in [2.45, 2.75) is 23.0 Å². The van der Waals surface area contributed by atoms with Gasteiger partial charge in [0.15, 0.2) is 0 Å². The predicted octanol–water partition coefficient (Wildman–Crippen LogP) is 3.29. The first-order chi connectivity index (χ1) is 14.7. The lowest BCUT2D eigenvalue weighted by Crippen LogP contribution is -2.52. The highest BCUT2D eigenvalue weighted by atomic mass is 32.2. The van der Waals surface area contributed by atoms with E-state index in [1.54, 1.807) is 11.8 Å². The van der Waals surface area contributed by atoms with Crippen LogP contribution in [-0.4, -0.2) is 72.3 Å². The van der Waals surface area contributed by atoms with Crippen LogP contribution in [0.15, 0.2) is 65.6 Å². The van der Waals surface area contributed by atoms with Gasteiger partial charge in [-0.3, -0.25) is 14.5 Å². The Morgan fingerprint density at radius 1 is 0.767 bits per heavy atom. The van der Waals surface area contributed by atoms with Gasteiger partial charge in [0.1, 0.15) is 5.25 Å². The van der Waals surface area contributed by atoms with Crippen LogP contribution < -0.4 is 0 Å². The third-order valence-electron chi connectivity index (χ3n) is 5.83. The molecule has 0 aromatic heterocycles. The number of rotatable bonds is 6. The summed E-state index contributed by atoms with van der Waals surface area (Å²) in [7, 11) is 0. The molecule has 30 heavy (non-hydrogen) atoms. The summed E-state index contributed by atoms with van der Waals surface area (Å²) in [4.78, 5) is 33.1. The van der Waals surface area contributed by atoms with E-state index < -0.39 is 0 Å². The van der Waals surface area contributed by atoms with Crippen LogP contribution >= 0.6 is 11.8 Å². The second kappa shape index (κ2) is 10.1. The highest BCUT2D eigenvalue weighted by Crippen LogP contribution is 2.36. The third-order valence-corrected chi connectivity index (χ3v) is 7.08. The number of carbonyl (C=O) groups is 2. The molecule has 4 rings (SSSR count). The van der Waals surface area contributed by atoms with Crippen LogP contribution in [0.2, 0.25) is 0 Å². The number of benzene rings is 2. The van der Waals surface area contributed by atoms with Gasteiger partial charge in [-0.2, -0.15) is 0 Å². The molecule has 1 unspecified atom stereocenters. The Kier molecular flexibility index (Phi) is 7.07. The van der Waals surface area contributed by atoms with E-state index in [1.165, 1.54) is 0 Å². The first kappa shape index (κ1) is 20.9. The number of hydrogen-bond donors (Lipinski definition) is 0. The molecule has 6 heteroatoms. The molecule has 2 aliphatic rings. The summed E-state index contributed by atoms with van der Waals surface area (Å²) in [6.45, 7) is 5.11. The van der Waals surface area contributed by atoms with Gasteiger partial charge < -0.3 is 9.80 Å². The Morgan fingerprint density at radius 3 is 2.00 bits per heavy atom. The largest absolute Gasteiger partial charge is 0.342 e. The van der Waals surface area contributed by atoms with Crippen LogP contribution in [0.4, 0.5) is 0 Å². The number of piperazine rings is 1. The maximum absolute atomic E-state index is 13.5. The summed E-state index contributed by atoms with van der Waals surface area (Å²) >= 11 is 1.61. The molecule has 5 nitrogen and oxygen atoms in total. The molecule has 0 bridgehead atoms. The lowest BCUT2D eigenvalue weighted by atomic mass is 10.1. The Morgan fingerprint density at radius 2 is 1.37 bits per heavy atom. The minimum atomic E-state index is -0.258. The molecule has 0 N–H and O–H groups in total. The molecule has 2 saturated heterocycles. The third kappa shape index (κ3) is 5.24. The van der Waals surface area contributed by atoms with Gasteiger partial charge in [0.2, 0.25) is 11.8 Å². The van der Waals surface area contributed by atoms with Gasteiger partial charge in [-0.15, -0.1) is 11.8 Å². The molecular formula is C24H29N3O2S. The van der Waals surface area contributed by atoms with Crippen molar-refractivity contribution >= 4 is 23.6 Å². The van der Waals surface area contributed by atoms with Crippen molar-refractivity contribution in [1.82, 2.24) is 14.7 Å². The summed E-state index contributed by atoms with van der Waals surface area (Å²) in [6, 6.07) is 20.1.